The monoisotopic (exact) mass is 480 g/mol. The maximum Gasteiger partial charge on any atom is 0.272 e. The van der Waals surface area contributed by atoms with Crippen molar-refractivity contribution in [3.05, 3.63) is 71.5 Å². The van der Waals surface area contributed by atoms with Crippen molar-refractivity contribution in [3.63, 3.8) is 0 Å². The molecule has 9 heteroatoms. The molecular weight excluding hydrogens is 456 g/mol. The molecule has 4 aromatic rings. The molecule has 0 fully saturated rings. The van der Waals surface area contributed by atoms with Gasteiger partial charge in [0.05, 0.1) is 24.2 Å². The second-order valence-corrected chi connectivity index (χ2v) is 8.20. The Morgan fingerprint density at radius 2 is 2.00 bits per heavy atom. The molecule has 1 N–H and O–H groups in total. The first-order valence-electron chi connectivity index (χ1n) is 11.6. The Bertz CT molecular complexity index is 1460. The average molecular weight is 481 g/mol. The van der Waals surface area contributed by atoms with E-state index in [2.05, 4.69) is 31.5 Å². The van der Waals surface area contributed by atoms with Crippen molar-refractivity contribution in [2.45, 2.75) is 26.2 Å². The molecule has 0 radical (unpaired) electrons. The maximum atomic E-state index is 12.8. The van der Waals surface area contributed by atoms with Gasteiger partial charge >= 0.3 is 0 Å². The van der Waals surface area contributed by atoms with Crippen molar-refractivity contribution in [3.8, 4) is 41.0 Å². The van der Waals surface area contributed by atoms with Crippen molar-refractivity contribution in [2.24, 2.45) is 0 Å². The molecule has 1 aliphatic rings. The Labute approximate surface area is 208 Å². The molecule has 0 spiro atoms. The van der Waals surface area contributed by atoms with Gasteiger partial charge < -0.3 is 14.8 Å². The number of amides is 1. The molecule has 0 saturated heterocycles. The second kappa shape index (κ2) is 9.88. The Hall–Kier alpha value is -4.71. The highest BCUT2D eigenvalue weighted by molar-refractivity contribution is 5.95. The van der Waals surface area contributed by atoms with Crippen LogP contribution in [0.3, 0.4) is 0 Å². The molecule has 1 unspecified atom stereocenters. The van der Waals surface area contributed by atoms with Crippen LogP contribution >= 0.6 is 0 Å². The fraction of sp³-hybridized carbons (Fsp3) is 0.222. The fourth-order valence-corrected chi connectivity index (χ4v) is 4.36. The van der Waals surface area contributed by atoms with Gasteiger partial charge in [0.1, 0.15) is 12.4 Å². The van der Waals surface area contributed by atoms with Crippen LogP contribution in [0.4, 0.5) is 5.82 Å². The van der Waals surface area contributed by atoms with Crippen LogP contribution in [0, 0.1) is 19.3 Å². The zero-order valence-electron chi connectivity index (χ0n) is 19.9. The van der Waals surface area contributed by atoms with E-state index in [4.69, 9.17) is 15.9 Å². The van der Waals surface area contributed by atoms with Crippen molar-refractivity contribution in [1.82, 2.24) is 25.0 Å². The third-order valence-electron chi connectivity index (χ3n) is 5.89. The smallest absolute Gasteiger partial charge is 0.272 e. The molecule has 1 atom stereocenters. The predicted octanol–water partition coefficient (Wildman–Crippen LogP) is 3.92. The number of carbonyl (C=O) groups excluding carboxylic acids is 1. The number of hydrogen-bond acceptors (Lipinski definition) is 7. The van der Waals surface area contributed by atoms with Gasteiger partial charge in [0, 0.05) is 23.5 Å². The number of aryl methyl sites for hydroxylation is 1. The number of anilines is 1. The number of aromatic nitrogens is 5. The number of carbonyl (C=O) groups is 1. The lowest BCUT2D eigenvalue weighted by Crippen LogP contribution is -2.25. The van der Waals surface area contributed by atoms with E-state index < -0.39 is 0 Å². The highest BCUT2D eigenvalue weighted by Gasteiger charge is 2.34. The molecule has 36 heavy (non-hydrogen) atoms. The van der Waals surface area contributed by atoms with Gasteiger partial charge in [-0.2, -0.15) is 14.9 Å². The van der Waals surface area contributed by atoms with Gasteiger partial charge in [-0.05, 0) is 31.5 Å². The Kier molecular flexibility index (Phi) is 6.33. The molecular formula is C27H24N6O3. The van der Waals surface area contributed by atoms with E-state index in [9.17, 15) is 4.79 Å². The summed E-state index contributed by atoms with van der Waals surface area (Å²) in [7, 11) is 0. The third-order valence-corrected chi connectivity index (χ3v) is 5.89. The Morgan fingerprint density at radius 1 is 1.17 bits per heavy atom. The summed E-state index contributed by atoms with van der Waals surface area (Å²) in [6.07, 6.45) is 7.20. The number of nitrogens with one attached hydrogen (secondary N) is 1. The topological polar surface area (TPSA) is 104 Å². The zero-order chi connectivity index (χ0) is 25.1. The Balaban J connectivity index is 1.57. The van der Waals surface area contributed by atoms with Crippen molar-refractivity contribution >= 4 is 11.7 Å². The maximum absolute atomic E-state index is 12.8. The van der Waals surface area contributed by atoms with Crippen LogP contribution in [0.2, 0.25) is 0 Å². The number of nitrogens with zero attached hydrogens (tertiary/aromatic N) is 5. The van der Waals surface area contributed by atoms with Crippen LogP contribution in [-0.4, -0.2) is 44.1 Å². The first-order valence-corrected chi connectivity index (χ1v) is 11.6. The number of fused-ring (bicyclic) bond motifs is 1. The molecule has 5 rings (SSSR count). The van der Waals surface area contributed by atoms with E-state index >= 15 is 0 Å². The lowest BCUT2D eigenvalue weighted by atomic mass is 9.85. The minimum Gasteiger partial charge on any atom is -0.490 e. The largest absolute Gasteiger partial charge is 0.490 e. The molecule has 2 aromatic heterocycles. The van der Waals surface area contributed by atoms with Crippen LogP contribution in [-0.2, 0) is 4.79 Å². The predicted molar refractivity (Wildman–Crippen MR) is 134 cm³/mol. The summed E-state index contributed by atoms with van der Waals surface area (Å²) in [4.78, 5) is 17.5. The number of hydrogen-bond donors (Lipinski definition) is 1. The van der Waals surface area contributed by atoms with Crippen LogP contribution in [0.5, 0.6) is 11.5 Å². The van der Waals surface area contributed by atoms with E-state index in [0.717, 1.165) is 22.4 Å². The van der Waals surface area contributed by atoms with Gasteiger partial charge in [0.15, 0.2) is 11.5 Å². The molecule has 9 nitrogen and oxygen atoms in total. The lowest BCUT2D eigenvalue weighted by molar-refractivity contribution is -0.116. The molecule has 1 amide bonds. The van der Waals surface area contributed by atoms with Crippen LogP contribution < -0.4 is 14.8 Å². The molecule has 3 heterocycles. The minimum atomic E-state index is -0.242. The van der Waals surface area contributed by atoms with Crippen LogP contribution in [0.15, 0.2) is 54.7 Å². The summed E-state index contributed by atoms with van der Waals surface area (Å²) in [5.74, 6) is 4.03. The van der Waals surface area contributed by atoms with Gasteiger partial charge in [-0.15, -0.1) is 11.5 Å². The Morgan fingerprint density at radius 3 is 2.78 bits per heavy atom. The van der Waals surface area contributed by atoms with Gasteiger partial charge in [0.25, 0.3) is 5.95 Å². The van der Waals surface area contributed by atoms with E-state index in [0.29, 0.717) is 29.6 Å². The van der Waals surface area contributed by atoms with E-state index in [1.165, 1.54) is 0 Å². The summed E-state index contributed by atoms with van der Waals surface area (Å²) in [5, 5.41) is 16.0. The molecule has 2 aromatic carbocycles. The first-order chi connectivity index (χ1) is 17.6. The van der Waals surface area contributed by atoms with Crippen LogP contribution in [0.1, 0.15) is 36.1 Å². The van der Waals surface area contributed by atoms with Gasteiger partial charge in [-0.3, -0.25) is 4.79 Å². The summed E-state index contributed by atoms with van der Waals surface area (Å²) in [6, 6.07) is 15.3. The summed E-state index contributed by atoms with van der Waals surface area (Å²) in [5.41, 5.74) is 4.12. The molecule has 0 saturated carbocycles. The normalized spacial score (nSPS) is 14.5. The molecule has 1 aliphatic heterocycles. The number of terminal acetylenes is 1. The number of benzene rings is 2. The fourth-order valence-electron chi connectivity index (χ4n) is 4.36. The van der Waals surface area contributed by atoms with Gasteiger partial charge in [-0.1, -0.05) is 42.3 Å². The average Bonchev–Trinajstić information content (AvgIpc) is 3.24. The van der Waals surface area contributed by atoms with E-state index in [1.54, 1.807) is 10.9 Å². The highest BCUT2D eigenvalue weighted by atomic mass is 16.5. The van der Waals surface area contributed by atoms with Gasteiger partial charge in [-0.25, -0.2) is 4.98 Å². The van der Waals surface area contributed by atoms with Crippen molar-refractivity contribution < 1.29 is 14.3 Å². The van der Waals surface area contributed by atoms with Crippen molar-refractivity contribution in [2.75, 3.05) is 18.5 Å². The summed E-state index contributed by atoms with van der Waals surface area (Å²) < 4.78 is 13.0. The SMILES string of the molecule is C#CCOc1ccc(C2CC(=O)Nc3c2c(C)nn3-c2nncc(-c3ccccc3)n2)cc1OCC. The lowest BCUT2D eigenvalue weighted by Gasteiger charge is -2.25. The standard InChI is InChI=1S/C27H24N6O3/c1-4-13-36-22-12-11-19(14-23(22)35-5-2)20-15-24(34)30-26-25(20)17(3)32-33(26)27-29-21(16-28-31-27)18-9-7-6-8-10-18/h1,6-12,14,16,20H,5,13,15H2,2-3H3,(H,30,34). The second-order valence-electron chi connectivity index (χ2n) is 8.20. The summed E-state index contributed by atoms with van der Waals surface area (Å²) in [6.45, 7) is 4.40. The molecule has 180 valence electrons. The van der Waals surface area contributed by atoms with Crippen LogP contribution in [0.25, 0.3) is 17.2 Å². The molecule has 0 bridgehead atoms. The van der Waals surface area contributed by atoms with E-state index in [-0.39, 0.29) is 30.8 Å². The zero-order valence-corrected chi connectivity index (χ0v) is 19.9. The quantitative estimate of drug-likeness (QED) is 0.400. The van der Waals surface area contributed by atoms with Crippen molar-refractivity contribution in [1.29, 1.82) is 0 Å². The minimum absolute atomic E-state index is 0.133. The third kappa shape index (κ3) is 4.36. The van der Waals surface area contributed by atoms with E-state index in [1.807, 2.05) is 62.4 Å². The van der Waals surface area contributed by atoms with Gasteiger partial charge in [0.2, 0.25) is 5.91 Å². The summed E-state index contributed by atoms with van der Waals surface area (Å²) >= 11 is 0. The highest BCUT2D eigenvalue weighted by Crippen LogP contribution is 2.42. The number of ether oxygens (including phenoxy) is 2. The molecule has 0 aliphatic carbocycles. The first kappa shape index (κ1) is 23.1. The number of rotatable bonds is 7.